The number of nitrogens with zero attached hydrogens (tertiary/aromatic N) is 1. The number of hydrogen-bond donors (Lipinski definition) is 0. The van der Waals surface area contributed by atoms with Crippen LogP contribution in [-0.4, -0.2) is 25.6 Å². The van der Waals surface area contributed by atoms with Gasteiger partial charge in [-0.25, -0.2) is 0 Å². The number of benzene rings is 1. The quantitative estimate of drug-likeness (QED) is 0.771. The third-order valence-electron chi connectivity index (χ3n) is 6.41. The van der Waals surface area contributed by atoms with E-state index in [4.69, 9.17) is 4.74 Å². The fraction of sp³-hybridized carbons (Fsp3) is 0.667. The van der Waals surface area contributed by atoms with Crippen LogP contribution in [0.15, 0.2) is 18.2 Å². The van der Waals surface area contributed by atoms with E-state index in [1.807, 2.05) is 0 Å². The highest BCUT2D eigenvalue weighted by Crippen LogP contribution is 2.64. The summed E-state index contributed by atoms with van der Waals surface area (Å²) in [6.07, 6.45) is 9.61. The number of likely N-dealkylation sites (tertiary alicyclic amines) is 1. The van der Waals surface area contributed by atoms with Gasteiger partial charge in [-0.3, -0.25) is 4.90 Å². The zero-order chi connectivity index (χ0) is 13.8. The normalized spacial score (nSPS) is 36.1. The molecule has 1 aromatic carbocycles. The van der Waals surface area contributed by atoms with Gasteiger partial charge in [0.25, 0.3) is 0 Å². The third kappa shape index (κ3) is 1.38. The Labute approximate surface area is 122 Å². The Hall–Kier alpha value is -1.02. The van der Waals surface area contributed by atoms with E-state index < -0.39 is 0 Å². The molecule has 0 spiro atoms. The van der Waals surface area contributed by atoms with Crippen LogP contribution in [0.2, 0.25) is 0 Å². The molecule has 1 saturated heterocycles. The number of methoxy groups -OCH3 is 1. The van der Waals surface area contributed by atoms with Crippen molar-refractivity contribution in [3.63, 3.8) is 0 Å². The summed E-state index contributed by atoms with van der Waals surface area (Å²) in [6, 6.07) is 6.81. The van der Waals surface area contributed by atoms with Gasteiger partial charge in [0.05, 0.1) is 12.6 Å². The van der Waals surface area contributed by atoms with Gasteiger partial charge >= 0.3 is 0 Å². The molecule has 2 aliphatic carbocycles. The number of ether oxygens (including phenoxy) is 1. The second-order valence-electron chi connectivity index (χ2n) is 7.07. The van der Waals surface area contributed by atoms with E-state index in [2.05, 4.69) is 30.1 Å². The van der Waals surface area contributed by atoms with Crippen molar-refractivity contribution in [2.75, 3.05) is 20.7 Å². The van der Waals surface area contributed by atoms with Crippen LogP contribution in [0.1, 0.15) is 49.7 Å². The molecule has 0 radical (unpaired) electrons. The first kappa shape index (κ1) is 12.7. The first-order valence-electron chi connectivity index (χ1n) is 8.11. The summed E-state index contributed by atoms with van der Waals surface area (Å²) >= 11 is 0. The first-order valence-corrected chi connectivity index (χ1v) is 8.11. The second kappa shape index (κ2) is 4.24. The van der Waals surface area contributed by atoms with Gasteiger partial charge in [-0.2, -0.15) is 0 Å². The maximum absolute atomic E-state index is 5.51. The molecule has 0 N–H and O–H groups in total. The van der Waals surface area contributed by atoms with Crippen molar-refractivity contribution in [3.8, 4) is 5.75 Å². The molecule has 2 fully saturated rings. The summed E-state index contributed by atoms with van der Waals surface area (Å²) in [5.74, 6) is 1.03. The van der Waals surface area contributed by atoms with Crippen molar-refractivity contribution in [1.82, 2.24) is 4.90 Å². The fourth-order valence-corrected chi connectivity index (χ4v) is 5.62. The molecule has 108 valence electrons. The lowest BCUT2D eigenvalue weighted by Crippen LogP contribution is -2.59. The van der Waals surface area contributed by atoms with Gasteiger partial charge < -0.3 is 4.74 Å². The summed E-state index contributed by atoms with van der Waals surface area (Å²) in [7, 11) is 4.14. The van der Waals surface area contributed by atoms with Crippen LogP contribution >= 0.6 is 0 Å². The molecule has 0 aromatic heterocycles. The topological polar surface area (TPSA) is 12.5 Å². The number of rotatable bonds is 1. The smallest absolute Gasteiger partial charge is 0.119 e. The van der Waals surface area contributed by atoms with Crippen molar-refractivity contribution < 1.29 is 4.74 Å². The predicted octanol–water partition coefficient (Wildman–Crippen LogP) is 3.73. The molecule has 2 atom stereocenters. The Morgan fingerprint density at radius 1 is 1.10 bits per heavy atom. The molecule has 0 bridgehead atoms. The van der Waals surface area contributed by atoms with Crippen LogP contribution in [-0.2, 0) is 12.0 Å². The van der Waals surface area contributed by atoms with E-state index in [0.717, 1.165) is 5.75 Å². The molecule has 0 amide bonds. The Morgan fingerprint density at radius 3 is 2.75 bits per heavy atom. The molecule has 1 aliphatic heterocycles. The van der Waals surface area contributed by atoms with E-state index in [-0.39, 0.29) is 0 Å². The molecule has 3 aliphatic rings. The highest BCUT2D eigenvalue weighted by atomic mass is 16.5. The molecule has 2 heteroatoms. The average Bonchev–Trinajstić information content (AvgIpc) is 2.78. The van der Waals surface area contributed by atoms with Crippen LogP contribution in [0.5, 0.6) is 5.75 Å². The molecule has 1 heterocycles. The minimum atomic E-state index is 0.299. The van der Waals surface area contributed by atoms with E-state index in [0.29, 0.717) is 11.0 Å². The second-order valence-corrected chi connectivity index (χ2v) is 7.07. The number of hydrogen-bond acceptors (Lipinski definition) is 2. The van der Waals surface area contributed by atoms with Crippen LogP contribution in [0.3, 0.4) is 0 Å². The summed E-state index contributed by atoms with van der Waals surface area (Å²) < 4.78 is 5.51. The minimum Gasteiger partial charge on any atom is -0.497 e. The summed E-state index contributed by atoms with van der Waals surface area (Å²) in [5, 5.41) is 0. The van der Waals surface area contributed by atoms with E-state index in [9.17, 15) is 0 Å². The maximum Gasteiger partial charge on any atom is 0.119 e. The molecule has 1 saturated carbocycles. The lowest BCUT2D eigenvalue weighted by Gasteiger charge is -2.58. The highest BCUT2D eigenvalue weighted by Gasteiger charge is 2.61. The van der Waals surface area contributed by atoms with Crippen LogP contribution in [0, 0.1) is 5.41 Å². The molecule has 4 rings (SSSR count). The Bertz CT molecular complexity index is 536. The summed E-state index contributed by atoms with van der Waals surface area (Å²) in [6.45, 7) is 1.25. The van der Waals surface area contributed by atoms with E-state index in [1.165, 1.54) is 51.5 Å². The van der Waals surface area contributed by atoms with Crippen molar-refractivity contribution in [1.29, 1.82) is 0 Å². The van der Waals surface area contributed by atoms with Crippen molar-refractivity contribution in [3.05, 3.63) is 29.3 Å². The van der Waals surface area contributed by atoms with E-state index in [1.54, 1.807) is 18.2 Å². The molecular formula is C18H25NO. The highest BCUT2D eigenvalue weighted by molar-refractivity contribution is 5.48. The van der Waals surface area contributed by atoms with Crippen molar-refractivity contribution >= 4 is 0 Å². The monoisotopic (exact) mass is 271 g/mol. The van der Waals surface area contributed by atoms with Gasteiger partial charge in [0.2, 0.25) is 0 Å². The lowest BCUT2D eigenvalue weighted by atomic mass is 9.57. The van der Waals surface area contributed by atoms with Crippen LogP contribution in [0.4, 0.5) is 0 Å². The Morgan fingerprint density at radius 2 is 1.90 bits per heavy atom. The zero-order valence-electron chi connectivity index (χ0n) is 12.7. The van der Waals surface area contributed by atoms with Crippen molar-refractivity contribution in [2.45, 2.75) is 50.5 Å². The van der Waals surface area contributed by atoms with Gasteiger partial charge in [0, 0.05) is 0 Å². The predicted molar refractivity (Wildman–Crippen MR) is 81.1 cm³/mol. The summed E-state index contributed by atoms with van der Waals surface area (Å²) in [5.41, 5.74) is 3.97. The summed E-state index contributed by atoms with van der Waals surface area (Å²) in [4.78, 5) is 2.68. The lowest BCUT2D eigenvalue weighted by molar-refractivity contribution is -0.0847. The largest absolute Gasteiger partial charge is 0.497 e. The standard InChI is InChI=1S/C18H25NO/c1-19-11-5-9-17-8-3-4-10-18(17,19)16-12-15(20-2)7-6-14(16)13-17/h6-7,12H,3-5,8-11,13H2,1-2H3. The van der Waals surface area contributed by atoms with Gasteiger partial charge in [0.15, 0.2) is 0 Å². The minimum absolute atomic E-state index is 0.299. The van der Waals surface area contributed by atoms with Gasteiger partial charge in [-0.1, -0.05) is 18.9 Å². The van der Waals surface area contributed by atoms with Gasteiger partial charge in [-0.05, 0) is 74.4 Å². The molecule has 1 aromatic rings. The number of fused-ring (bicyclic) bond motifs is 1. The molecule has 2 unspecified atom stereocenters. The maximum atomic E-state index is 5.51. The number of piperidine rings is 1. The molecular weight excluding hydrogens is 246 g/mol. The zero-order valence-corrected chi connectivity index (χ0v) is 12.7. The third-order valence-corrected chi connectivity index (χ3v) is 6.41. The van der Waals surface area contributed by atoms with Gasteiger partial charge in [-0.15, -0.1) is 0 Å². The van der Waals surface area contributed by atoms with E-state index >= 15 is 0 Å². The molecule has 20 heavy (non-hydrogen) atoms. The first-order chi connectivity index (χ1) is 9.72. The van der Waals surface area contributed by atoms with Gasteiger partial charge in [0.1, 0.15) is 5.75 Å². The van der Waals surface area contributed by atoms with Crippen molar-refractivity contribution in [2.24, 2.45) is 5.41 Å². The Balaban J connectivity index is 1.93. The fourth-order valence-electron chi connectivity index (χ4n) is 5.62. The average molecular weight is 271 g/mol. The van der Waals surface area contributed by atoms with Crippen LogP contribution < -0.4 is 4.74 Å². The SMILES string of the molecule is COc1ccc2c(c1)C13CCCCC1(CCCN3C)C2. The molecule has 2 nitrogen and oxygen atoms in total. The Kier molecular flexibility index (Phi) is 2.69. The van der Waals surface area contributed by atoms with Crippen LogP contribution in [0.25, 0.3) is 0 Å².